The molecule has 0 amide bonds. The minimum absolute atomic E-state index is 0.126. The van der Waals surface area contributed by atoms with E-state index in [0.29, 0.717) is 0 Å². The van der Waals surface area contributed by atoms with Crippen LogP contribution in [0.4, 0.5) is 5.69 Å². The number of hydrogen-bond donors (Lipinski definition) is 0. The van der Waals surface area contributed by atoms with Crippen molar-refractivity contribution in [2.24, 2.45) is 22.2 Å². The van der Waals surface area contributed by atoms with Crippen LogP contribution in [0.1, 0.15) is 81.4 Å². The van der Waals surface area contributed by atoms with Gasteiger partial charge in [0.05, 0.1) is 5.41 Å². The maximum Gasteiger partial charge on any atom is 0.190 e. The van der Waals surface area contributed by atoms with Crippen LogP contribution in [0, 0.1) is 36.0 Å². The number of ketones is 2. The Morgan fingerprint density at radius 3 is 2.26 bits per heavy atom. The van der Waals surface area contributed by atoms with Gasteiger partial charge in [0.25, 0.3) is 0 Å². The first-order chi connectivity index (χ1) is 15.7. The molecule has 1 aromatic rings. The molecule has 0 radical (unpaired) electrons. The SMILES string of the molecule is C=CC1=C(C)[C@@H](CC)[C@]2(C)C[C@]3(C)Cc4c(N(C)C)cc(C)c(C)c4C(=O)C3=C(C)C2(C)C1=O. The summed E-state index contributed by atoms with van der Waals surface area (Å²) in [4.78, 5) is 30.6. The molecule has 0 N–H and O–H groups in total. The number of aryl methyl sites for hydroxylation is 1. The predicted octanol–water partition coefficient (Wildman–Crippen LogP) is 6.96. The number of Topliss-reactive ketones (excluding diaryl/α,β-unsaturated/α-hetero) is 2. The van der Waals surface area contributed by atoms with Crippen molar-refractivity contribution >= 4 is 17.3 Å². The van der Waals surface area contributed by atoms with Crippen LogP contribution in [0.25, 0.3) is 0 Å². The lowest BCUT2D eigenvalue weighted by atomic mass is 9.40. The molecule has 1 unspecified atom stereocenters. The fraction of sp³-hybridized carbons (Fsp3) is 0.548. The van der Waals surface area contributed by atoms with Crippen molar-refractivity contribution in [2.75, 3.05) is 19.0 Å². The lowest BCUT2D eigenvalue weighted by Gasteiger charge is -2.62. The van der Waals surface area contributed by atoms with E-state index in [4.69, 9.17) is 0 Å². The summed E-state index contributed by atoms with van der Waals surface area (Å²) in [6.07, 6.45) is 4.35. The number of rotatable bonds is 3. The zero-order chi connectivity index (χ0) is 25.5. The topological polar surface area (TPSA) is 37.4 Å². The molecular formula is C31H41NO2. The molecule has 0 heterocycles. The van der Waals surface area contributed by atoms with E-state index >= 15 is 0 Å². The Morgan fingerprint density at radius 1 is 1.12 bits per heavy atom. The van der Waals surface area contributed by atoms with Crippen molar-refractivity contribution in [2.45, 2.75) is 74.7 Å². The van der Waals surface area contributed by atoms with Crippen LogP contribution in [0.15, 0.2) is 41.0 Å². The van der Waals surface area contributed by atoms with Gasteiger partial charge in [-0.25, -0.2) is 0 Å². The summed E-state index contributed by atoms with van der Waals surface area (Å²) in [6, 6.07) is 2.23. The Balaban J connectivity index is 2.09. The maximum atomic E-state index is 14.4. The molecule has 0 aliphatic heterocycles. The van der Waals surface area contributed by atoms with E-state index in [2.05, 4.69) is 87.0 Å². The third-order valence-corrected chi connectivity index (χ3v) is 10.1. The van der Waals surface area contributed by atoms with Crippen LogP contribution in [-0.2, 0) is 11.2 Å². The first-order valence-electron chi connectivity index (χ1n) is 12.7. The standard InChI is InChI=1S/C31H41NO2/c1-12-21-19(5)23(13-2)30(8)16-29(7)15-22-24(32(10)11)14-17(3)18(4)25(22)27(33)26(29)20(6)31(30,9)28(21)34/h12,14,23H,1,13,15-16H2,2-11H3/t23-,29+,30+,31?/m1/s1. The Hall–Kier alpha value is -2.42. The number of carbonyl (C=O) groups is 2. The summed E-state index contributed by atoms with van der Waals surface area (Å²) in [5.41, 5.74) is 7.82. The first kappa shape index (κ1) is 24.7. The van der Waals surface area contributed by atoms with Crippen LogP contribution in [-0.4, -0.2) is 25.7 Å². The molecule has 0 saturated heterocycles. The first-order valence-corrected chi connectivity index (χ1v) is 12.7. The van der Waals surface area contributed by atoms with E-state index in [-0.39, 0.29) is 28.3 Å². The van der Waals surface area contributed by atoms with Crippen molar-refractivity contribution in [3.63, 3.8) is 0 Å². The van der Waals surface area contributed by atoms with Crippen LogP contribution >= 0.6 is 0 Å². The fourth-order valence-electron chi connectivity index (χ4n) is 8.18. The molecule has 182 valence electrons. The molecule has 0 saturated carbocycles. The maximum absolute atomic E-state index is 14.4. The van der Waals surface area contributed by atoms with Crippen LogP contribution in [0.3, 0.4) is 0 Å². The highest BCUT2D eigenvalue weighted by Gasteiger charge is 2.65. The van der Waals surface area contributed by atoms with Gasteiger partial charge in [-0.15, -0.1) is 0 Å². The van der Waals surface area contributed by atoms with E-state index in [0.717, 1.165) is 63.9 Å². The summed E-state index contributed by atoms with van der Waals surface area (Å²) < 4.78 is 0. The molecule has 0 spiro atoms. The lowest BCUT2D eigenvalue weighted by Crippen LogP contribution is -2.59. The molecule has 0 fully saturated rings. The Kier molecular flexibility index (Phi) is 5.48. The van der Waals surface area contributed by atoms with Gasteiger partial charge in [0.2, 0.25) is 0 Å². The molecule has 3 aliphatic rings. The highest BCUT2D eigenvalue weighted by molar-refractivity contribution is 6.16. The second kappa shape index (κ2) is 7.54. The Labute approximate surface area is 206 Å². The van der Waals surface area contributed by atoms with Crippen LogP contribution in [0.5, 0.6) is 0 Å². The summed E-state index contributed by atoms with van der Waals surface area (Å²) in [7, 11) is 4.12. The molecule has 1 aromatic carbocycles. The number of carbonyl (C=O) groups excluding carboxylic acids is 2. The minimum atomic E-state index is -0.721. The molecule has 4 atom stereocenters. The second-order valence-electron chi connectivity index (χ2n) is 12.0. The van der Waals surface area contributed by atoms with Gasteiger partial charge < -0.3 is 4.90 Å². The van der Waals surface area contributed by atoms with E-state index in [1.54, 1.807) is 6.08 Å². The highest BCUT2D eigenvalue weighted by Crippen LogP contribution is 2.68. The van der Waals surface area contributed by atoms with Crippen molar-refractivity contribution in [1.29, 1.82) is 0 Å². The van der Waals surface area contributed by atoms with E-state index in [1.165, 1.54) is 5.56 Å². The number of allylic oxidation sites excluding steroid dienone is 5. The number of fused-ring (bicyclic) bond motifs is 3. The third kappa shape index (κ3) is 2.76. The molecular weight excluding hydrogens is 418 g/mol. The summed E-state index contributed by atoms with van der Waals surface area (Å²) >= 11 is 0. The van der Waals surface area contributed by atoms with Gasteiger partial charge in [0.15, 0.2) is 11.6 Å². The van der Waals surface area contributed by atoms with E-state index < -0.39 is 5.41 Å². The number of hydrogen-bond acceptors (Lipinski definition) is 3. The zero-order valence-electron chi connectivity index (χ0n) is 22.8. The Morgan fingerprint density at radius 2 is 1.74 bits per heavy atom. The Bertz CT molecular complexity index is 1210. The summed E-state index contributed by atoms with van der Waals surface area (Å²) in [5, 5.41) is 0. The molecule has 0 aromatic heterocycles. The molecule has 3 aliphatic carbocycles. The average molecular weight is 460 g/mol. The highest BCUT2D eigenvalue weighted by atomic mass is 16.1. The van der Waals surface area contributed by atoms with Crippen molar-refractivity contribution in [3.05, 3.63) is 63.3 Å². The van der Waals surface area contributed by atoms with Gasteiger partial charge in [-0.1, -0.05) is 44.6 Å². The summed E-state index contributed by atoms with van der Waals surface area (Å²) in [5.74, 6) is 0.523. The lowest BCUT2D eigenvalue weighted by molar-refractivity contribution is -0.135. The zero-order valence-corrected chi connectivity index (χ0v) is 22.8. The third-order valence-electron chi connectivity index (χ3n) is 10.1. The molecule has 3 heteroatoms. The average Bonchev–Trinajstić information content (AvgIpc) is 2.73. The van der Waals surface area contributed by atoms with E-state index in [9.17, 15) is 9.59 Å². The molecule has 4 rings (SSSR count). The monoisotopic (exact) mass is 459 g/mol. The molecule has 0 bridgehead atoms. The summed E-state index contributed by atoms with van der Waals surface area (Å²) in [6.45, 7) is 21.2. The van der Waals surface area contributed by atoms with Gasteiger partial charge in [0, 0.05) is 41.9 Å². The van der Waals surface area contributed by atoms with Crippen molar-refractivity contribution in [3.8, 4) is 0 Å². The van der Waals surface area contributed by atoms with Gasteiger partial charge in [0.1, 0.15) is 0 Å². The largest absolute Gasteiger partial charge is 0.377 e. The van der Waals surface area contributed by atoms with Crippen LogP contribution < -0.4 is 4.90 Å². The second-order valence-corrected chi connectivity index (χ2v) is 12.0. The smallest absolute Gasteiger partial charge is 0.190 e. The van der Waals surface area contributed by atoms with Crippen molar-refractivity contribution < 1.29 is 9.59 Å². The normalized spacial score (nSPS) is 32.9. The number of anilines is 1. The molecule has 34 heavy (non-hydrogen) atoms. The molecule has 3 nitrogen and oxygen atoms in total. The van der Waals surface area contributed by atoms with Gasteiger partial charge in [-0.2, -0.15) is 0 Å². The van der Waals surface area contributed by atoms with Gasteiger partial charge in [-0.05, 0) is 88.0 Å². The predicted molar refractivity (Wildman–Crippen MR) is 142 cm³/mol. The van der Waals surface area contributed by atoms with Gasteiger partial charge in [-0.3, -0.25) is 9.59 Å². The van der Waals surface area contributed by atoms with Crippen molar-refractivity contribution in [1.82, 2.24) is 0 Å². The van der Waals surface area contributed by atoms with Crippen LogP contribution in [0.2, 0.25) is 0 Å². The quantitative estimate of drug-likeness (QED) is 0.490. The minimum Gasteiger partial charge on any atom is -0.377 e. The number of nitrogens with zero attached hydrogens (tertiary/aromatic N) is 1. The van der Waals surface area contributed by atoms with E-state index in [1.807, 2.05) is 0 Å². The van der Waals surface area contributed by atoms with Gasteiger partial charge >= 0.3 is 0 Å². The fourth-order valence-corrected chi connectivity index (χ4v) is 8.18. The number of benzene rings is 1.